The lowest BCUT2D eigenvalue weighted by atomic mass is 10.1. The van der Waals surface area contributed by atoms with Crippen molar-refractivity contribution in [3.05, 3.63) is 99.7 Å². The highest BCUT2D eigenvalue weighted by Crippen LogP contribution is 2.27. The number of nitriles is 1. The van der Waals surface area contributed by atoms with Crippen LogP contribution in [-0.2, 0) is 19.8 Å². The largest absolute Gasteiger partial charge is 0.487 e. The second-order valence-electron chi connectivity index (χ2n) is 6.77. The van der Waals surface area contributed by atoms with Gasteiger partial charge in [-0.3, -0.25) is 9.78 Å². The van der Waals surface area contributed by atoms with Gasteiger partial charge in [-0.25, -0.2) is 4.85 Å². The molecule has 1 heterocycles. The van der Waals surface area contributed by atoms with Crippen molar-refractivity contribution < 1.29 is 14.6 Å². The fraction of sp³-hybridized carbons (Fsp3) is 0.167. The number of aromatic nitrogens is 1. The summed E-state index contributed by atoms with van der Waals surface area (Å²) in [6.07, 6.45) is 1.61. The minimum absolute atomic E-state index is 0.165. The van der Waals surface area contributed by atoms with Crippen LogP contribution in [0, 0.1) is 24.8 Å². The number of aryl methyl sites for hydroxylation is 1. The maximum atomic E-state index is 12.4. The van der Waals surface area contributed by atoms with Crippen molar-refractivity contribution in [2.45, 2.75) is 26.7 Å². The van der Waals surface area contributed by atoms with Crippen LogP contribution in [0.1, 0.15) is 38.3 Å². The highest BCUT2D eigenvalue weighted by Gasteiger charge is 2.15. The predicted molar refractivity (Wildman–Crippen MR) is 114 cm³/mol. The number of aliphatic hydroxyl groups excluding tert-OH is 1. The molecule has 154 valence electrons. The van der Waals surface area contributed by atoms with Crippen LogP contribution in [-0.4, -0.2) is 16.0 Å². The summed E-state index contributed by atoms with van der Waals surface area (Å²) < 4.78 is 5.93. The molecule has 3 rings (SSSR count). The van der Waals surface area contributed by atoms with E-state index in [2.05, 4.69) is 15.1 Å². The van der Waals surface area contributed by atoms with Gasteiger partial charge in [-0.1, -0.05) is 24.3 Å². The molecule has 0 fully saturated rings. The van der Waals surface area contributed by atoms with Gasteiger partial charge in [-0.2, -0.15) is 5.26 Å². The first-order valence-electron chi connectivity index (χ1n) is 9.51. The van der Waals surface area contributed by atoms with Gasteiger partial charge in [0, 0.05) is 23.9 Å². The number of ether oxygens (including phenoxy) is 1. The summed E-state index contributed by atoms with van der Waals surface area (Å²) in [7, 11) is 0. The third-order valence-electron chi connectivity index (χ3n) is 4.73. The summed E-state index contributed by atoms with van der Waals surface area (Å²) >= 11 is 0. The lowest BCUT2D eigenvalue weighted by Gasteiger charge is -2.16. The molecule has 7 heteroatoms. The number of benzene rings is 2. The minimum Gasteiger partial charge on any atom is -0.487 e. The van der Waals surface area contributed by atoms with E-state index in [1.165, 1.54) is 0 Å². The molecular formula is C24H20N4O3. The van der Waals surface area contributed by atoms with Crippen molar-refractivity contribution in [2.24, 2.45) is 0 Å². The van der Waals surface area contributed by atoms with Crippen molar-refractivity contribution in [3.63, 3.8) is 0 Å². The Hall–Kier alpha value is -4.20. The first-order chi connectivity index (χ1) is 15.0. The Bertz CT molecular complexity index is 1160. The normalized spacial score (nSPS) is 10.1. The van der Waals surface area contributed by atoms with Crippen LogP contribution in [0.15, 0.2) is 54.7 Å². The average Bonchev–Trinajstić information content (AvgIpc) is 2.82. The van der Waals surface area contributed by atoms with Gasteiger partial charge < -0.3 is 15.2 Å². The molecule has 0 spiro atoms. The number of carbonyl (C=O) groups excluding carboxylic acids is 1. The second kappa shape index (κ2) is 10.0. The number of aliphatic hydroxyl groups is 1. The smallest absolute Gasteiger partial charge is 0.251 e. The SMILES string of the molecule is [C-]#[N+]c1ccc(COc2c(C)ncc(CNC(=O)c3ccc(C#N)cc3)c2CO)cc1. The van der Waals surface area contributed by atoms with Gasteiger partial charge in [0.25, 0.3) is 5.91 Å². The van der Waals surface area contributed by atoms with Crippen LogP contribution in [0.5, 0.6) is 5.75 Å². The van der Waals surface area contributed by atoms with Crippen molar-refractivity contribution >= 4 is 11.6 Å². The van der Waals surface area contributed by atoms with E-state index in [9.17, 15) is 9.90 Å². The van der Waals surface area contributed by atoms with Gasteiger partial charge in [0.2, 0.25) is 0 Å². The fourth-order valence-corrected chi connectivity index (χ4v) is 2.99. The topological polar surface area (TPSA) is 99.6 Å². The molecule has 0 saturated carbocycles. The van der Waals surface area contributed by atoms with Crippen LogP contribution >= 0.6 is 0 Å². The van der Waals surface area contributed by atoms with Crippen molar-refractivity contribution in [3.8, 4) is 11.8 Å². The molecule has 0 aliphatic heterocycles. The molecule has 0 radical (unpaired) electrons. The highest BCUT2D eigenvalue weighted by atomic mass is 16.5. The molecule has 1 amide bonds. The first-order valence-corrected chi connectivity index (χ1v) is 9.51. The molecular weight excluding hydrogens is 392 g/mol. The second-order valence-corrected chi connectivity index (χ2v) is 6.77. The zero-order chi connectivity index (χ0) is 22.2. The molecule has 0 bridgehead atoms. The monoisotopic (exact) mass is 412 g/mol. The number of rotatable bonds is 7. The summed E-state index contributed by atoms with van der Waals surface area (Å²) in [5, 5.41) is 21.6. The summed E-state index contributed by atoms with van der Waals surface area (Å²) in [4.78, 5) is 20.1. The molecule has 2 aromatic carbocycles. The van der Waals surface area contributed by atoms with Gasteiger partial charge in [0.05, 0.1) is 30.5 Å². The molecule has 0 atom stereocenters. The van der Waals surface area contributed by atoms with Crippen LogP contribution in [0.4, 0.5) is 5.69 Å². The maximum Gasteiger partial charge on any atom is 0.251 e. The summed E-state index contributed by atoms with van der Waals surface area (Å²) in [5.74, 6) is 0.179. The van der Waals surface area contributed by atoms with Gasteiger partial charge in [-0.05, 0) is 42.3 Å². The van der Waals surface area contributed by atoms with Crippen molar-refractivity contribution in [1.29, 1.82) is 5.26 Å². The Morgan fingerprint density at radius 3 is 2.55 bits per heavy atom. The standard InChI is InChI=1S/C24H20N4O3/c1-16-23(31-15-18-5-9-21(26-2)10-6-18)22(14-29)20(12-27-16)13-28-24(30)19-7-3-17(11-25)4-8-19/h3-10,12,29H,13-15H2,1H3,(H,28,30). The number of nitrogens with one attached hydrogen (secondary N) is 1. The van der Waals surface area contributed by atoms with Gasteiger partial charge >= 0.3 is 0 Å². The zero-order valence-electron chi connectivity index (χ0n) is 16.9. The Morgan fingerprint density at radius 1 is 1.23 bits per heavy atom. The Balaban J connectivity index is 1.72. The summed E-state index contributed by atoms with van der Waals surface area (Å²) in [6, 6.07) is 15.4. The van der Waals surface area contributed by atoms with Crippen molar-refractivity contribution in [1.82, 2.24) is 10.3 Å². The molecule has 0 aliphatic carbocycles. The van der Waals surface area contributed by atoms with Crippen LogP contribution in [0.25, 0.3) is 4.85 Å². The Morgan fingerprint density at radius 2 is 1.94 bits per heavy atom. The Kier molecular flexibility index (Phi) is 6.95. The molecule has 31 heavy (non-hydrogen) atoms. The number of hydrogen-bond acceptors (Lipinski definition) is 5. The third-order valence-corrected chi connectivity index (χ3v) is 4.73. The first kappa shape index (κ1) is 21.5. The highest BCUT2D eigenvalue weighted by molar-refractivity contribution is 5.94. The van der Waals surface area contributed by atoms with Gasteiger partial charge in [0.15, 0.2) is 5.69 Å². The lowest BCUT2D eigenvalue weighted by Crippen LogP contribution is -2.23. The van der Waals surface area contributed by atoms with E-state index in [4.69, 9.17) is 16.6 Å². The molecule has 7 nitrogen and oxygen atoms in total. The number of hydrogen-bond donors (Lipinski definition) is 2. The molecule has 0 saturated heterocycles. The van der Waals surface area contributed by atoms with Crippen molar-refractivity contribution in [2.75, 3.05) is 0 Å². The Labute approximate surface area is 180 Å². The number of carbonyl (C=O) groups is 1. The number of amides is 1. The van der Waals surface area contributed by atoms with E-state index in [1.54, 1.807) is 49.5 Å². The van der Waals surface area contributed by atoms with E-state index in [0.717, 1.165) is 5.56 Å². The van der Waals surface area contributed by atoms with E-state index in [0.29, 0.717) is 39.4 Å². The lowest BCUT2D eigenvalue weighted by molar-refractivity contribution is 0.0950. The van der Waals surface area contributed by atoms with Crippen LogP contribution < -0.4 is 10.1 Å². The fourth-order valence-electron chi connectivity index (χ4n) is 2.99. The molecule has 1 aromatic heterocycles. The van der Waals surface area contributed by atoms with E-state index < -0.39 is 0 Å². The zero-order valence-corrected chi connectivity index (χ0v) is 16.9. The summed E-state index contributed by atoms with van der Waals surface area (Å²) in [6.45, 7) is 8.96. The van der Waals surface area contributed by atoms with Crippen LogP contribution in [0.3, 0.4) is 0 Å². The quantitative estimate of drug-likeness (QED) is 0.575. The molecule has 2 N–H and O–H groups in total. The van der Waals surface area contributed by atoms with E-state index in [1.807, 2.05) is 18.2 Å². The number of nitrogens with zero attached hydrogens (tertiary/aromatic N) is 3. The van der Waals surface area contributed by atoms with Crippen LogP contribution in [0.2, 0.25) is 0 Å². The predicted octanol–water partition coefficient (Wildman–Crippen LogP) is 3.81. The van der Waals surface area contributed by atoms with E-state index >= 15 is 0 Å². The third kappa shape index (κ3) is 5.24. The molecule has 0 unspecified atom stereocenters. The maximum absolute atomic E-state index is 12.4. The molecule has 3 aromatic rings. The molecule has 0 aliphatic rings. The van der Waals surface area contributed by atoms with E-state index in [-0.39, 0.29) is 25.7 Å². The number of pyridine rings is 1. The minimum atomic E-state index is -0.295. The average molecular weight is 412 g/mol. The van der Waals surface area contributed by atoms with Gasteiger partial charge in [-0.15, -0.1) is 0 Å². The van der Waals surface area contributed by atoms with Gasteiger partial charge in [0.1, 0.15) is 12.4 Å². The summed E-state index contributed by atoms with van der Waals surface area (Å²) in [5.41, 5.74) is 4.19.